The molecule has 5 nitrogen and oxygen atoms in total. The van der Waals surface area contributed by atoms with Gasteiger partial charge in [-0.25, -0.2) is 0 Å². The van der Waals surface area contributed by atoms with Crippen molar-refractivity contribution in [3.63, 3.8) is 0 Å². The zero-order valence-corrected chi connectivity index (χ0v) is 12.3. The molecule has 0 bridgehead atoms. The van der Waals surface area contributed by atoms with E-state index in [-0.39, 0.29) is 24.8 Å². The summed E-state index contributed by atoms with van der Waals surface area (Å²) in [6.07, 6.45) is 2.12. The molecule has 0 spiro atoms. The molecule has 1 aliphatic rings. The number of aryl methyl sites for hydroxylation is 1. The average molecular weight is 290 g/mol. The van der Waals surface area contributed by atoms with Gasteiger partial charge in [0.05, 0.1) is 6.04 Å². The number of benzene rings is 1. The second kappa shape index (κ2) is 6.72. The number of amides is 1. The second-order valence-electron chi connectivity index (χ2n) is 5.73. The summed E-state index contributed by atoms with van der Waals surface area (Å²) in [5, 5.41) is 8.69. The van der Waals surface area contributed by atoms with Gasteiger partial charge in [0.2, 0.25) is 5.91 Å². The Morgan fingerprint density at radius 3 is 2.71 bits per heavy atom. The summed E-state index contributed by atoms with van der Waals surface area (Å²) >= 11 is 0. The second-order valence-corrected chi connectivity index (χ2v) is 5.73. The summed E-state index contributed by atoms with van der Waals surface area (Å²) in [6.45, 7) is 2.57. The first-order valence-corrected chi connectivity index (χ1v) is 7.31. The Bertz CT molecular complexity index is 526. The lowest BCUT2D eigenvalue weighted by molar-refractivity contribution is -0.138. The van der Waals surface area contributed by atoms with Crippen molar-refractivity contribution in [2.75, 3.05) is 0 Å². The number of nitrogens with zero attached hydrogens (tertiary/aromatic N) is 1. The highest BCUT2D eigenvalue weighted by Gasteiger charge is 2.34. The maximum absolute atomic E-state index is 12.4. The van der Waals surface area contributed by atoms with E-state index in [2.05, 4.69) is 6.07 Å². The molecule has 1 aliphatic carbocycles. The van der Waals surface area contributed by atoms with E-state index in [0.29, 0.717) is 6.54 Å². The third-order valence-corrected chi connectivity index (χ3v) is 3.69. The van der Waals surface area contributed by atoms with Crippen molar-refractivity contribution in [3.05, 3.63) is 35.4 Å². The minimum atomic E-state index is -0.921. The first kappa shape index (κ1) is 15.5. The molecule has 0 heterocycles. The first-order valence-electron chi connectivity index (χ1n) is 7.31. The predicted octanol–water partition coefficient (Wildman–Crippen LogP) is 1.68. The first-order chi connectivity index (χ1) is 9.97. The van der Waals surface area contributed by atoms with E-state index in [1.807, 2.05) is 25.1 Å². The molecule has 1 aromatic rings. The normalized spacial score (nSPS) is 15.5. The van der Waals surface area contributed by atoms with Crippen LogP contribution in [0, 0.1) is 6.92 Å². The van der Waals surface area contributed by atoms with Crippen LogP contribution in [0.4, 0.5) is 0 Å². The molecule has 0 radical (unpaired) electrons. The zero-order chi connectivity index (χ0) is 15.4. The smallest absolute Gasteiger partial charge is 0.303 e. The molecule has 1 atom stereocenters. The van der Waals surface area contributed by atoms with Gasteiger partial charge in [-0.15, -0.1) is 0 Å². The fourth-order valence-electron chi connectivity index (χ4n) is 2.40. The van der Waals surface area contributed by atoms with Crippen molar-refractivity contribution >= 4 is 11.9 Å². The van der Waals surface area contributed by atoms with Crippen LogP contribution in [0.25, 0.3) is 0 Å². The molecule has 1 fully saturated rings. The lowest BCUT2D eigenvalue weighted by Crippen LogP contribution is -2.44. The Labute approximate surface area is 124 Å². The minimum absolute atomic E-state index is 0.0736. The van der Waals surface area contributed by atoms with Crippen LogP contribution >= 0.6 is 0 Å². The highest BCUT2D eigenvalue weighted by Crippen LogP contribution is 2.29. The fourth-order valence-corrected chi connectivity index (χ4v) is 2.40. The molecule has 21 heavy (non-hydrogen) atoms. The van der Waals surface area contributed by atoms with Crippen LogP contribution in [-0.4, -0.2) is 34.0 Å². The van der Waals surface area contributed by atoms with E-state index < -0.39 is 12.0 Å². The number of carbonyl (C=O) groups excluding carboxylic acids is 1. The van der Waals surface area contributed by atoms with Gasteiger partial charge in [-0.05, 0) is 31.7 Å². The van der Waals surface area contributed by atoms with Gasteiger partial charge < -0.3 is 15.7 Å². The maximum atomic E-state index is 12.4. The van der Waals surface area contributed by atoms with Gasteiger partial charge in [-0.2, -0.15) is 0 Å². The quantitative estimate of drug-likeness (QED) is 0.800. The van der Waals surface area contributed by atoms with Gasteiger partial charge in [0.25, 0.3) is 0 Å². The monoisotopic (exact) mass is 290 g/mol. The van der Waals surface area contributed by atoms with Crippen molar-refractivity contribution in [3.8, 4) is 0 Å². The largest absolute Gasteiger partial charge is 0.481 e. The van der Waals surface area contributed by atoms with Gasteiger partial charge in [-0.1, -0.05) is 29.8 Å². The van der Waals surface area contributed by atoms with Crippen molar-refractivity contribution in [1.29, 1.82) is 0 Å². The number of carboxylic acids is 1. The molecular formula is C16H22N2O3. The topological polar surface area (TPSA) is 83.6 Å². The van der Waals surface area contributed by atoms with Gasteiger partial charge in [0, 0.05) is 19.0 Å². The predicted molar refractivity (Wildman–Crippen MR) is 79.6 cm³/mol. The molecule has 1 amide bonds. The van der Waals surface area contributed by atoms with Crippen molar-refractivity contribution in [2.45, 2.75) is 51.2 Å². The fraction of sp³-hybridized carbons (Fsp3) is 0.500. The Kier molecular flexibility index (Phi) is 4.96. The van der Waals surface area contributed by atoms with E-state index >= 15 is 0 Å². The summed E-state index contributed by atoms with van der Waals surface area (Å²) in [5.74, 6) is -1.06. The number of rotatable bonds is 7. The Hall–Kier alpha value is -1.88. The van der Waals surface area contributed by atoms with E-state index in [1.165, 1.54) is 0 Å². The maximum Gasteiger partial charge on any atom is 0.303 e. The zero-order valence-electron chi connectivity index (χ0n) is 12.3. The van der Waals surface area contributed by atoms with Gasteiger partial charge in [-0.3, -0.25) is 9.59 Å². The molecule has 3 N–H and O–H groups in total. The summed E-state index contributed by atoms with van der Waals surface area (Å²) < 4.78 is 0. The van der Waals surface area contributed by atoms with Crippen molar-refractivity contribution < 1.29 is 14.7 Å². The van der Waals surface area contributed by atoms with Gasteiger partial charge >= 0.3 is 5.97 Å². The molecule has 114 valence electrons. The van der Waals surface area contributed by atoms with Gasteiger partial charge in [0.15, 0.2) is 0 Å². The van der Waals surface area contributed by atoms with Crippen LogP contribution in [0.3, 0.4) is 0 Å². The van der Waals surface area contributed by atoms with Crippen LogP contribution in [0.2, 0.25) is 0 Å². The van der Waals surface area contributed by atoms with E-state index in [0.717, 1.165) is 24.0 Å². The SMILES string of the molecule is Cc1cccc(CN(C(=O)C(N)CCC(=O)O)C2CC2)c1. The number of carboxylic acid groups (broad SMARTS) is 1. The molecule has 5 heteroatoms. The van der Waals surface area contributed by atoms with Gasteiger partial charge in [0.1, 0.15) is 0 Å². The minimum Gasteiger partial charge on any atom is -0.481 e. The van der Waals surface area contributed by atoms with E-state index in [9.17, 15) is 9.59 Å². The third-order valence-electron chi connectivity index (χ3n) is 3.69. The molecule has 2 rings (SSSR count). The highest BCUT2D eigenvalue weighted by molar-refractivity contribution is 5.82. The summed E-state index contributed by atoms with van der Waals surface area (Å²) in [7, 11) is 0. The van der Waals surface area contributed by atoms with Crippen LogP contribution in [-0.2, 0) is 16.1 Å². The molecule has 0 aromatic heterocycles. The highest BCUT2D eigenvalue weighted by atomic mass is 16.4. The lowest BCUT2D eigenvalue weighted by Gasteiger charge is -2.25. The standard InChI is InChI=1S/C16H22N2O3/c1-11-3-2-4-12(9-11)10-18(13-5-6-13)16(21)14(17)7-8-15(19)20/h2-4,9,13-14H,5-8,10,17H2,1H3,(H,19,20). The number of carbonyl (C=O) groups is 2. The van der Waals surface area contributed by atoms with Crippen molar-refractivity contribution in [1.82, 2.24) is 4.90 Å². The van der Waals surface area contributed by atoms with Crippen LogP contribution in [0.5, 0.6) is 0 Å². The summed E-state index contributed by atoms with van der Waals surface area (Å²) in [4.78, 5) is 24.8. The number of nitrogens with two attached hydrogens (primary N) is 1. The van der Waals surface area contributed by atoms with E-state index in [4.69, 9.17) is 10.8 Å². The lowest BCUT2D eigenvalue weighted by atomic mass is 10.1. The molecule has 1 saturated carbocycles. The van der Waals surface area contributed by atoms with Crippen LogP contribution in [0.1, 0.15) is 36.8 Å². The molecule has 0 saturated heterocycles. The molecule has 0 aliphatic heterocycles. The molecular weight excluding hydrogens is 268 g/mol. The van der Waals surface area contributed by atoms with E-state index in [1.54, 1.807) is 4.90 Å². The van der Waals surface area contributed by atoms with Crippen molar-refractivity contribution in [2.24, 2.45) is 5.73 Å². The molecule has 1 aromatic carbocycles. The number of hydrogen-bond donors (Lipinski definition) is 2. The number of hydrogen-bond acceptors (Lipinski definition) is 3. The Morgan fingerprint density at radius 1 is 1.43 bits per heavy atom. The Morgan fingerprint density at radius 2 is 2.14 bits per heavy atom. The van der Waals surface area contributed by atoms with Crippen LogP contribution < -0.4 is 5.73 Å². The third kappa shape index (κ3) is 4.56. The Balaban J connectivity index is 2.01. The molecule has 1 unspecified atom stereocenters. The van der Waals surface area contributed by atoms with Crippen LogP contribution in [0.15, 0.2) is 24.3 Å². The summed E-state index contributed by atoms with van der Waals surface area (Å²) in [6, 6.07) is 7.58. The summed E-state index contributed by atoms with van der Waals surface area (Å²) in [5.41, 5.74) is 8.10. The average Bonchev–Trinajstić information content (AvgIpc) is 3.26. The number of aliphatic carboxylic acids is 1.